The van der Waals surface area contributed by atoms with Gasteiger partial charge in [0.2, 0.25) is 0 Å². The van der Waals surface area contributed by atoms with Gasteiger partial charge in [0.1, 0.15) is 12.4 Å². The molecule has 0 N–H and O–H groups in total. The maximum absolute atomic E-state index is 14.0. The largest absolute Gasteiger partial charge is 0.490 e. The number of allylic oxidation sites excluding steroid dienone is 1. The average Bonchev–Trinajstić information content (AvgIpc) is 3.26. The summed E-state index contributed by atoms with van der Waals surface area (Å²) in [6.07, 6.45) is 1.79. The van der Waals surface area contributed by atoms with Gasteiger partial charge in [-0.1, -0.05) is 53.3 Å². The van der Waals surface area contributed by atoms with Crippen molar-refractivity contribution in [3.8, 4) is 11.5 Å². The quantitative estimate of drug-likeness (QED) is 0.161. The van der Waals surface area contributed by atoms with Crippen LogP contribution in [0, 0.1) is 16.3 Å². The Morgan fingerprint density at radius 3 is 2.53 bits per heavy atom. The highest BCUT2D eigenvalue weighted by molar-refractivity contribution is 14.1. The fraction of sp³-hybridized carbons (Fsp3) is 0.242. The van der Waals surface area contributed by atoms with Crippen molar-refractivity contribution in [3.05, 3.63) is 123 Å². The number of benzene rings is 3. The molecule has 0 spiro atoms. The first kappa shape index (κ1) is 30.7. The van der Waals surface area contributed by atoms with E-state index in [1.807, 2.05) is 50.2 Å². The van der Waals surface area contributed by atoms with E-state index in [1.54, 1.807) is 36.6 Å². The Morgan fingerprint density at radius 1 is 1.07 bits per heavy atom. The molecule has 0 saturated carbocycles. The van der Waals surface area contributed by atoms with E-state index in [2.05, 4.69) is 27.6 Å². The van der Waals surface area contributed by atoms with Gasteiger partial charge in [0.05, 0.1) is 38.6 Å². The molecule has 4 aromatic rings. The summed E-state index contributed by atoms with van der Waals surface area (Å²) in [6.45, 7) is 8.17. The Kier molecular flexibility index (Phi) is 9.46. The lowest BCUT2D eigenvalue weighted by Gasteiger charge is -2.24. The summed E-state index contributed by atoms with van der Waals surface area (Å²) in [4.78, 5) is 32.2. The zero-order valence-corrected chi connectivity index (χ0v) is 27.1. The van der Waals surface area contributed by atoms with Gasteiger partial charge in [-0.25, -0.2) is 14.2 Å². The molecule has 0 fully saturated rings. The number of rotatable bonds is 9. The number of nitrogens with zero attached hydrogens (tertiary/aromatic N) is 2. The van der Waals surface area contributed by atoms with Crippen molar-refractivity contribution < 1.29 is 23.4 Å². The molecule has 2 heterocycles. The molecule has 0 aliphatic carbocycles. The molecule has 1 aromatic heterocycles. The third-order valence-electron chi connectivity index (χ3n) is 6.81. The average molecular weight is 713 g/mol. The van der Waals surface area contributed by atoms with Crippen molar-refractivity contribution in [1.82, 2.24) is 4.57 Å². The maximum Gasteiger partial charge on any atom is 0.338 e. The highest BCUT2D eigenvalue weighted by Crippen LogP contribution is 2.35. The van der Waals surface area contributed by atoms with Gasteiger partial charge >= 0.3 is 5.97 Å². The van der Waals surface area contributed by atoms with Gasteiger partial charge in [0.25, 0.3) is 5.56 Å². The lowest BCUT2D eigenvalue weighted by atomic mass is 9.95. The lowest BCUT2D eigenvalue weighted by Crippen LogP contribution is -2.39. The molecule has 43 heavy (non-hydrogen) atoms. The van der Waals surface area contributed by atoms with Gasteiger partial charge in [-0.15, -0.1) is 0 Å². The van der Waals surface area contributed by atoms with Crippen LogP contribution in [-0.4, -0.2) is 23.8 Å². The number of fused-ring (bicyclic) bond motifs is 1. The van der Waals surface area contributed by atoms with E-state index in [0.29, 0.717) is 44.3 Å². The highest BCUT2D eigenvalue weighted by Gasteiger charge is 2.33. The Morgan fingerprint density at radius 2 is 1.84 bits per heavy atom. The van der Waals surface area contributed by atoms with Crippen molar-refractivity contribution in [2.75, 3.05) is 13.2 Å². The molecular weight excluding hydrogens is 682 g/mol. The first-order valence-corrected chi connectivity index (χ1v) is 15.7. The Hall–Kier alpha value is -3.77. The van der Waals surface area contributed by atoms with Gasteiger partial charge in [-0.3, -0.25) is 9.36 Å². The third-order valence-corrected chi connectivity index (χ3v) is 8.60. The van der Waals surface area contributed by atoms with Gasteiger partial charge in [0.15, 0.2) is 16.3 Å². The van der Waals surface area contributed by atoms with Crippen LogP contribution in [0.15, 0.2) is 81.7 Å². The molecule has 7 nitrogen and oxygen atoms in total. The van der Waals surface area contributed by atoms with Crippen LogP contribution in [0.1, 0.15) is 49.1 Å². The third kappa shape index (κ3) is 6.59. The fourth-order valence-corrected chi connectivity index (χ4v) is 6.69. The molecule has 1 aliphatic heterocycles. The minimum atomic E-state index is -0.671. The second-order valence-corrected chi connectivity index (χ2v) is 12.1. The van der Waals surface area contributed by atoms with Crippen molar-refractivity contribution in [3.63, 3.8) is 0 Å². The first-order valence-electron chi connectivity index (χ1n) is 13.8. The zero-order chi connectivity index (χ0) is 30.7. The SMILES string of the molecule is CCOC(=O)C1=C(C)N=c2s/c(=C/c3cc(I)c(OCc4cccc(F)c4)c(OCC)c3)c(=O)n2[C@@H]1c1ccc(C)cc1. The van der Waals surface area contributed by atoms with Crippen LogP contribution in [0.5, 0.6) is 11.5 Å². The minimum absolute atomic E-state index is 0.174. The Balaban J connectivity index is 1.58. The van der Waals surface area contributed by atoms with Crippen LogP contribution < -0.4 is 24.4 Å². The highest BCUT2D eigenvalue weighted by atomic mass is 127. The maximum atomic E-state index is 14.0. The molecule has 0 bridgehead atoms. The number of aromatic nitrogens is 1. The van der Waals surface area contributed by atoms with E-state index >= 15 is 0 Å². The van der Waals surface area contributed by atoms with Crippen molar-refractivity contribution >= 4 is 46.0 Å². The first-order chi connectivity index (χ1) is 20.7. The topological polar surface area (TPSA) is 79.1 Å². The number of ether oxygens (including phenoxy) is 3. The molecule has 10 heteroatoms. The molecule has 0 amide bonds. The molecule has 0 radical (unpaired) electrons. The van der Waals surface area contributed by atoms with E-state index in [1.165, 1.54) is 23.5 Å². The van der Waals surface area contributed by atoms with Crippen molar-refractivity contribution in [1.29, 1.82) is 0 Å². The number of carbonyl (C=O) groups excluding carboxylic acids is 1. The van der Waals surface area contributed by atoms with Crippen molar-refractivity contribution in [2.24, 2.45) is 4.99 Å². The summed E-state index contributed by atoms with van der Waals surface area (Å²) >= 11 is 3.43. The van der Waals surface area contributed by atoms with Gasteiger partial charge in [-0.2, -0.15) is 0 Å². The van der Waals surface area contributed by atoms with E-state index in [-0.39, 0.29) is 24.6 Å². The fourth-order valence-electron chi connectivity index (χ4n) is 4.86. The van der Waals surface area contributed by atoms with Crippen LogP contribution >= 0.6 is 33.9 Å². The number of halogens is 2. The van der Waals surface area contributed by atoms with Crippen molar-refractivity contribution in [2.45, 2.75) is 40.3 Å². The van der Waals surface area contributed by atoms with E-state index in [0.717, 1.165) is 20.3 Å². The van der Waals surface area contributed by atoms with E-state index in [4.69, 9.17) is 14.2 Å². The number of esters is 1. The predicted molar refractivity (Wildman–Crippen MR) is 173 cm³/mol. The Labute approximate surface area is 266 Å². The summed E-state index contributed by atoms with van der Waals surface area (Å²) in [5.74, 6) is 0.238. The summed E-state index contributed by atoms with van der Waals surface area (Å²) in [6, 6.07) is 17.1. The number of hydrogen-bond acceptors (Lipinski definition) is 7. The number of hydrogen-bond donors (Lipinski definition) is 0. The summed E-state index contributed by atoms with van der Waals surface area (Å²) in [5.41, 5.74) is 3.90. The lowest BCUT2D eigenvalue weighted by molar-refractivity contribution is -0.139. The number of thiazole rings is 1. The standard InChI is InChI=1S/C33H30FIN2O5S/c1-5-40-26-16-22(15-25(35)30(26)42-18-21-8-7-9-24(34)14-21)17-27-31(38)37-29(23-12-10-19(3)11-13-23)28(32(39)41-6-2)20(4)36-33(37)43-27/h7-17,29H,5-6,18H2,1-4H3/b27-17+/t29-/m1/s1. The van der Waals surface area contributed by atoms with Crippen LogP contribution in [0.25, 0.3) is 6.08 Å². The molecule has 1 aliphatic rings. The molecule has 0 unspecified atom stereocenters. The summed E-state index contributed by atoms with van der Waals surface area (Å²) in [5, 5.41) is 0. The van der Waals surface area contributed by atoms with Crippen LogP contribution in [0.4, 0.5) is 4.39 Å². The van der Waals surface area contributed by atoms with Crippen LogP contribution in [-0.2, 0) is 16.1 Å². The summed E-state index contributed by atoms with van der Waals surface area (Å²) in [7, 11) is 0. The molecule has 1 atom stereocenters. The van der Waals surface area contributed by atoms with Gasteiger partial charge in [0, 0.05) is 0 Å². The predicted octanol–water partition coefficient (Wildman–Crippen LogP) is 5.83. The second-order valence-electron chi connectivity index (χ2n) is 9.89. The molecular formula is C33H30FIN2O5S. The second kappa shape index (κ2) is 13.3. The molecule has 0 saturated heterocycles. The minimum Gasteiger partial charge on any atom is -0.490 e. The van der Waals surface area contributed by atoms with Gasteiger partial charge in [-0.05, 0) is 97.3 Å². The normalized spacial score (nSPS) is 14.7. The smallest absolute Gasteiger partial charge is 0.338 e. The van der Waals surface area contributed by atoms with Gasteiger partial charge < -0.3 is 14.2 Å². The monoisotopic (exact) mass is 712 g/mol. The van der Waals surface area contributed by atoms with Crippen LogP contribution in [0.3, 0.4) is 0 Å². The molecule has 222 valence electrons. The van der Waals surface area contributed by atoms with E-state index < -0.39 is 12.0 Å². The number of aryl methyl sites for hydroxylation is 1. The number of carbonyl (C=O) groups is 1. The molecule has 3 aromatic carbocycles. The Bertz CT molecular complexity index is 1900. The summed E-state index contributed by atoms with van der Waals surface area (Å²) < 4.78 is 33.8. The zero-order valence-electron chi connectivity index (χ0n) is 24.1. The van der Waals surface area contributed by atoms with Crippen LogP contribution in [0.2, 0.25) is 0 Å². The molecule has 5 rings (SSSR count). The van der Waals surface area contributed by atoms with E-state index in [9.17, 15) is 14.0 Å².